The van der Waals surface area contributed by atoms with Crippen LogP contribution in [0.15, 0.2) is 29.3 Å². The summed E-state index contributed by atoms with van der Waals surface area (Å²) in [5, 5.41) is 2.75. The first kappa shape index (κ1) is 18.3. The van der Waals surface area contributed by atoms with Crippen molar-refractivity contribution in [1.82, 2.24) is 14.9 Å². The third-order valence-electron chi connectivity index (χ3n) is 3.58. The lowest BCUT2D eigenvalue weighted by Gasteiger charge is -2.14. The van der Waals surface area contributed by atoms with Crippen LogP contribution in [0.1, 0.15) is 16.1 Å². The second-order valence-corrected chi connectivity index (χ2v) is 5.23. The molecule has 8 nitrogen and oxygen atoms in total. The van der Waals surface area contributed by atoms with Gasteiger partial charge in [-0.15, -0.1) is 0 Å². The van der Waals surface area contributed by atoms with Crippen LogP contribution in [-0.2, 0) is 6.54 Å². The monoisotopic (exact) mass is 347 g/mol. The Balaban J connectivity index is 2.09. The third kappa shape index (κ3) is 4.28. The van der Waals surface area contributed by atoms with E-state index in [4.69, 9.17) is 14.2 Å². The number of carbonyl (C=O) groups is 1. The highest BCUT2D eigenvalue weighted by Gasteiger charge is 2.16. The molecule has 0 spiro atoms. The van der Waals surface area contributed by atoms with Crippen molar-refractivity contribution in [2.75, 3.05) is 27.9 Å². The van der Waals surface area contributed by atoms with Crippen molar-refractivity contribution in [1.29, 1.82) is 0 Å². The summed E-state index contributed by atoms with van der Waals surface area (Å²) in [5.74, 6) is 0.892. The van der Waals surface area contributed by atoms with Gasteiger partial charge in [0.1, 0.15) is 0 Å². The summed E-state index contributed by atoms with van der Waals surface area (Å²) in [7, 11) is 4.46. The molecule has 1 aromatic carbocycles. The van der Waals surface area contributed by atoms with E-state index in [0.29, 0.717) is 35.1 Å². The molecule has 0 saturated heterocycles. The van der Waals surface area contributed by atoms with Gasteiger partial charge in [-0.3, -0.25) is 14.2 Å². The van der Waals surface area contributed by atoms with Gasteiger partial charge >= 0.3 is 0 Å². The Morgan fingerprint density at radius 1 is 1.12 bits per heavy atom. The topological polar surface area (TPSA) is 91.7 Å². The Bertz CT molecular complexity index is 791. The zero-order valence-electron chi connectivity index (χ0n) is 14.7. The average molecular weight is 347 g/mol. The Hall–Kier alpha value is -3.03. The van der Waals surface area contributed by atoms with Crippen LogP contribution in [0.2, 0.25) is 0 Å². The van der Waals surface area contributed by atoms with E-state index in [-0.39, 0.29) is 18.0 Å². The first-order valence-corrected chi connectivity index (χ1v) is 7.61. The highest BCUT2D eigenvalue weighted by Crippen LogP contribution is 2.38. The lowest BCUT2D eigenvalue weighted by Crippen LogP contribution is -2.30. The number of nitrogens with zero attached hydrogens (tertiary/aromatic N) is 2. The Labute approximate surface area is 145 Å². The van der Waals surface area contributed by atoms with Crippen molar-refractivity contribution in [3.05, 3.63) is 46.1 Å². The molecule has 0 fully saturated rings. The van der Waals surface area contributed by atoms with E-state index in [1.54, 1.807) is 19.1 Å². The molecule has 0 atom stereocenters. The fraction of sp³-hybridized carbons (Fsp3) is 0.353. The van der Waals surface area contributed by atoms with Gasteiger partial charge in [0.25, 0.3) is 11.5 Å². The lowest BCUT2D eigenvalue weighted by molar-refractivity contribution is 0.0951. The van der Waals surface area contributed by atoms with Crippen molar-refractivity contribution < 1.29 is 19.0 Å². The van der Waals surface area contributed by atoms with Gasteiger partial charge in [-0.2, -0.15) is 0 Å². The number of amides is 1. The molecule has 25 heavy (non-hydrogen) atoms. The molecule has 0 saturated carbocycles. The van der Waals surface area contributed by atoms with Crippen LogP contribution in [0, 0.1) is 6.92 Å². The van der Waals surface area contributed by atoms with E-state index in [2.05, 4.69) is 10.3 Å². The van der Waals surface area contributed by atoms with Gasteiger partial charge in [-0.05, 0) is 19.1 Å². The van der Waals surface area contributed by atoms with E-state index in [0.717, 1.165) is 0 Å². The maximum atomic E-state index is 12.3. The van der Waals surface area contributed by atoms with Crippen LogP contribution in [0.3, 0.4) is 0 Å². The summed E-state index contributed by atoms with van der Waals surface area (Å²) in [5.41, 5.74) is 0.862. The highest BCUT2D eigenvalue weighted by atomic mass is 16.5. The minimum atomic E-state index is -0.313. The normalized spacial score (nSPS) is 10.2. The average Bonchev–Trinajstić information content (AvgIpc) is 2.61. The van der Waals surface area contributed by atoms with Crippen LogP contribution in [-0.4, -0.2) is 43.3 Å². The largest absolute Gasteiger partial charge is 0.493 e. The third-order valence-corrected chi connectivity index (χ3v) is 3.58. The van der Waals surface area contributed by atoms with Crippen molar-refractivity contribution in [2.24, 2.45) is 0 Å². The molecule has 134 valence electrons. The molecular weight excluding hydrogens is 326 g/mol. The van der Waals surface area contributed by atoms with Crippen molar-refractivity contribution in [3.63, 3.8) is 0 Å². The van der Waals surface area contributed by atoms with E-state index >= 15 is 0 Å². The van der Waals surface area contributed by atoms with Gasteiger partial charge in [0.15, 0.2) is 11.5 Å². The van der Waals surface area contributed by atoms with E-state index in [1.807, 2.05) is 0 Å². The van der Waals surface area contributed by atoms with Gasteiger partial charge in [0, 0.05) is 30.4 Å². The van der Waals surface area contributed by atoms with Gasteiger partial charge in [0.05, 0.1) is 27.7 Å². The molecular formula is C17H21N3O5. The number of aryl methyl sites for hydroxylation is 1. The predicted octanol–water partition coefficient (Wildman–Crippen LogP) is 1.01. The van der Waals surface area contributed by atoms with E-state index in [9.17, 15) is 9.59 Å². The summed E-state index contributed by atoms with van der Waals surface area (Å²) in [4.78, 5) is 28.2. The fourth-order valence-electron chi connectivity index (χ4n) is 2.29. The Kier molecular flexibility index (Phi) is 5.99. The fourth-order valence-corrected chi connectivity index (χ4v) is 2.29. The maximum absolute atomic E-state index is 12.3. The van der Waals surface area contributed by atoms with Crippen LogP contribution in [0.5, 0.6) is 17.2 Å². The van der Waals surface area contributed by atoms with Crippen molar-refractivity contribution in [3.8, 4) is 17.2 Å². The van der Waals surface area contributed by atoms with Crippen LogP contribution in [0.4, 0.5) is 0 Å². The molecule has 1 heterocycles. The molecule has 0 aliphatic rings. The van der Waals surface area contributed by atoms with Crippen molar-refractivity contribution in [2.45, 2.75) is 13.5 Å². The molecule has 0 bridgehead atoms. The van der Waals surface area contributed by atoms with Gasteiger partial charge in [-0.25, -0.2) is 4.98 Å². The zero-order valence-corrected chi connectivity index (χ0v) is 14.7. The lowest BCUT2D eigenvalue weighted by atomic mass is 10.1. The first-order valence-electron chi connectivity index (χ1n) is 7.61. The molecule has 0 aliphatic heterocycles. The summed E-state index contributed by atoms with van der Waals surface area (Å²) in [6.45, 7) is 2.35. The number of methoxy groups -OCH3 is 3. The number of nitrogens with one attached hydrogen (secondary N) is 1. The number of ether oxygens (including phenoxy) is 3. The smallest absolute Gasteiger partial charge is 0.253 e. The number of rotatable bonds is 7. The number of aromatic nitrogens is 2. The molecule has 1 amide bonds. The maximum Gasteiger partial charge on any atom is 0.253 e. The predicted molar refractivity (Wildman–Crippen MR) is 91.7 cm³/mol. The molecule has 2 rings (SSSR count). The summed E-state index contributed by atoms with van der Waals surface area (Å²) in [6, 6.07) is 4.58. The standard InChI is InChI=1S/C17H21N3O5/c1-11-7-15(21)20(10-19-11)6-5-18-17(22)12-8-13(23-2)16(25-4)14(9-12)24-3/h7-10H,5-6H2,1-4H3,(H,18,22). The minimum Gasteiger partial charge on any atom is -0.493 e. The Morgan fingerprint density at radius 2 is 1.76 bits per heavy atom. The number of hydrogen-bond donors (Lipinski definition) is 1. The summed E-state index contributed by atoms with van der Waals surface area (Å²) >= 11 is 0. The number of benzene rings is 1. The molecule has 8 heteroatoms. The zero-order chi connectivity index (χ0) is 18.4. The molecule has 0 unspecified atom stereocenters. The van der Waals surface area contributed by atoms with Gasteiger partial charge in [-0.1, -0.05) is 0 Å². The van der Waals surface area contributed by atoms with Crippen LogP contribution < -0.4 is 25.1 Å². The minimum absolute atomic E-state index is 0.158. The second-order valence-electron chi connectivity index (χ2n) is 5.23. The summed E-state index contributed by atoms with van der Waals surface area (Å²) in [6.07, 6.45) is 1.46. The molecule has 0 radical (unpaired) electrons. The van der Waals surface area contributed by atoms with Gasteiger partial charge in [0.2, 0.25) is 5.75 Å². The molecule has 1 aromatic heterocycles. The molecule has 2 aromatic rings. The van der Waals surface area contributed by atoms with E-state index in [1.165, 1.54) is 38.3 Å². The quantitative estimate of drug-likeness (QED) is 0.804. The number of carbonyl (C=O) groups excluding carboxylic acids is 1. The highest BCUT2D eigenvalue weighted by molar-refractivity contribution is 5.95. The SMILES string of the molecule is COc1cc(C(=O)NCCn2cnc(C)cc2=O)cc(OC)c1OC. The van der Waals surface area contributed by atoms with Crippen LogP contribution in [0.25, 0.3) is 0 Å². The van der Waals surface area contributed by atoms with E-state index < -0.39 is 0 Å². The first-order chi connectivity index (χ1) is 12.0. The van der Waals surface area contributed by atoms with Crippen LogP contribution >= 0.6 is 0 Å². The Morgan fingerprint density at radius 3 is 2.28 bits per heavy atom. The molecule has 0 aliphatic carbocycles. The van der Waals surface area contributed by atoms with Crippen molar-refractivity contribution >= 4 is 5.91 Å². The summed E-state index contributed by atoms with van der Waals surface area (Å²) < 4.78 is 17.1. The van der Waals surface area contributed by atoms with Gasteiger partial charge < -0.3 is 19.5 Å². The number of hydrogen-bond acceptors (Lipinski definition) is 6. The second kappa shape index (κ2) is 8.18. The molecule has 1 N–H and O–H groups in total.